The van der Waals surface area contributed by atoms with Crippen molar-refractivity contribution in [3.63, 3.8) is 0 Å². The van der Waals surface area contributed by atoms with E-state index in [0.717, 1.165) is 0 Å². The molecule has 0 spiro atoms. The third-order valence-electron chi connectivity index (χ3n) is 3.48. The Morgan fingerprint density at radius 3 is 2.84 bits per heavy atom. The van der Waals surface area contributed by atoms with E-state index in [9.17, 15) is 15.3 Å². The summed E-state index contributed by atoms with van der Waals surface area (Å²) in [4.78, 5) is 5.41. The van der Waals surface area contributed by atoms with Crippen LogP contribution in [0.4, 0.5) is 0 Å². The van der Waals surface area contributed by atoms with Crippen LogP contribution in [-0.2, 0) is 4.74 Å². The van der Waals surface area contributed by atoms with Gasteiger partial charge in [-0.3, -0.25) is 0 Å². The van der Waals surface area contributed by atoms with Gasteiger partial charge in [0.2, 0.25) is 0 Å². The Balaban J connectivity index is 1.81. The summed E-state index contributed by atoms with van der Waals surface area (Å²) in [6, 6.07) is 0. The summed E-state index contributed by atoms with van der Waals surface area (Å²) in [5.74, 6) is 0.539. The van der Waals surface area contributed by atoms with E-state index < -0.39 is 30.8 Å². The largest absolute Gasteiger partial charge is 0.394 e. The van der Waals surface area contributed by atoms with Gasteiger partial charge in [0.25, 0.3) is 0 Å². The molecule has 19 heavy (non-hydrogen) atoms. The fourth-order valence-electron chi connectivity index (χ4n) is 2.46. The van der Waals surface area contributed by atoms with Crippen LogP contribution in [0.3, 0.4) is 0 Å². The van der Waals surface area contributed by atoms with Gasteiger partial charge in [0.15, 0.2) is 12.5 Å². The number of hydrogen-bond donors (Lipinski definition) is 6. The molecule has 0 unspecified atom stereocenters. The summed E-state index contributed by atoms with van der Waals surface area (Å²) < 4.78 is 5.44. The second-order valence-electron chi connectivity index (χ2n) is 4.59. The Hall–Kier alpha value is -1.39. The van der Waals surface area contributed by atoms with E-state index >= 15 is 0 Å². The predicted octanol–water partition coefficient (Wildman–Crippen LogP) is -3.59. The highest BCUT2D eigenvalue weighted by atomic mass is 16.6. The molecule has 9 nitrogen and oxygen atoms in total. The molecule has 0 saturated carbocycles. The molecule has 0 aromatic rings. The Bertz CT molecular complexity index is 428. The minimum absolute atomic E-state index is 0.296. The van der Waals surface area contributed by atoms with E-state index in [1.165, 1.54) is 6.34 Å². The quantitative estimate of drug-likeness (QED) is 0.304. The Morgan fingerprint density at radius 2 is 2.16 bits per heavy atom. The first-order valence-electron chi connectivity index (χ1n) is 5.97. The van der Waals surface area contributed by atoms with Crippen molar-refractivity contribution >= 4 is 6.34 Å². The third-order valence-corrected chi connectivity index (χ3v) is 3.48. The predicted molar refractivity (Wildman–Crippen MR) is 62.3 cm³/mol. The normalized spacial score (nSPS) is 41.3. The molecule has 3 aliphatic rings. The number of aliphatic hydroxyl groups excluding tert-OH is 4. The molecule has 0 aromatic heterocycles. The van der Waals surface area contributed by atoms with Crippen LogP contribution in [0.15, 0.2) is 16.5 Å². The Labute approximate surface area is 108 Å². The molecule has 0 aromatic carbocycles. The SMILES string of the molecule is OC[C@H]1O[C@@H](N2CNC3=C2NC=N[C@H]3O)[C@H](O)[C@@H]1O. The maximum absolute atomic E-state index is 9.97. The van der Waals surface area contributed by atoms with Crippen molar-refractivity contribution in [3.8, 4) is 0 Å². The van der Waals surface area contributed by atoms with E-state index in [1.54, 1.807) is 4.90 Å². The van der Waals surface area contributed by atoms with Crippen LogP contribution in [0.1, 0.15) is 0 Å². The smallest absolute Gasteiger partial charge is 0.191 e. The summed E-state index contributed by atoms with van der Waals surface area (Å²) in [6.07, 6.45) is -3.57. The van der Waals surface area contributed by atoms with Gasteiger partial charge >= 0.3 is 0 Å². The highest BCUT2D eigenvalue weighted by Crippen LogP contribution is 2.29. The summed E-state index contributed by atoms with van der Waals surface area (Å²) >= 11 is 0. The van der Waals surface area contributed by atoms with Gasteiger partial charge in [0, 0.05) is 0 Å². The maximum Gasteiger partial charge on any atom is 0.191 e. The number of nitrogens with zero attached hydrogens (tertiary/aromatic N) is 2. The fourth-order valence-corrected chi connectivity index (χ4v) is 2.46. The standard InChI is InChI=1S/C10H16N4O5/c15-1-4-6(16)7(17)10(19-4)14-3-13-5-8(14)11-2-12-9(5)18/h2,4,6-7,9-10,13,15-18H,1,3H2,(H,11,12)/t4-,6-,7-,9+,10-/m1/s1. The molecule has 1 saturated heterocycles. The molecule has 5 atom stereocenters. The molecule has 3 aliphatic heterocycles. The van der Waals surface area contributed by atoms with Gasteiger partial charge in [-0.05, 0) is 0 Å². The van der Waals surface area contributed by atoms with E-state index in [0.29, 0.717) is 18.2 Å². The topological polar surface area (TPSA) is 130 Å². The average molecular weight is 272 g/mol. The molecule has 3 heterocycles. The molecular formula is C10H16N4O5. The molecule has 3 rings (SSSR count). The summed E-state index contributed by atoms with van der Waals surface area (Å²) in [6.45, 7) is -0.0793. The van der Waals surface area contributed by atoms with Crippen LogP contribution in [0.2, 0.25) is 0 Å². The monoisotopic (exact) mass is 272 g/mol. The van der Waals surface area contributed by atoms with Crippen LogP contribution in [0.5, 0.6) is 0 Å². The van der Waals surface area contributed by atoms with Crippen molar-refractivity contribution in [1.29, 1.82) is 0 Å². The average Bonchev–Trinajstić information content (AvgIpc) is 2.94. The molecule has 0 amide bonds. The fraction of sp³-hybridized carbons (Fsp3) is 0.700. The van der Waals surface area contributed by atoms with Crippen LogP contribution in [0, 0.1) is 0 Å². The molecule has 6 N–H and O–H groups in total. The number of rotatable bonds is 2. The zero-order valence-corrected chi connectivity index (χ0v) is 9.97. The third kappa shape index (κ3) is 1.86. The van der Waals surface area contributed by atoms with Gasteiger partial charge in [0.05, 0.1) is 19.6 Å². The summed E-state index contributed by atoms with van der Waals surface area (Å²) in [7, 11) is 0. The first kappa shape index (κ1) is 12.6. The molecule has 0 aliphatic carbocycles. The lowest BCUT2D eigenvalue weighted by molar-refractivity contribution is -0.0834. The van der Waals surface area contributed by atoms with Crippen molar-refractivity contribution in [2.24, 2.45) is 4.99 Å². The van der Waals surface area contributed by atoms with Crippen LogP contribution < -0.4 is 10.6 Å². The summed E-state index contributed by atoms with van der Waals surface area (Å²) in [5, 5.41) is 44.3. The van der Waals surface area contributed by atoms with Crippen LogP contribution >= 0.6 is 0 Å². The van der Waals surface area contributed by atoms with Gasteiger partial charge in [-0.25, -0.2) is 4.99 Å². The minimum atomic E-state index is -1.15. The first-order chi connectivity index (χ1) is 9.13. The molecular weight excluding hydrogens is 256 g/mol. The molecule has 0 bridgehead atoms. The van der Waals surface area contributed by atoms with Gasteiger partial charge in [-0.2, -0.15) is 0 Å². The van der Waals surface area contributed by atoms with Gasteiger partial charge < -0.3 is 40.7 Å². The molecule has 9 heteroatoms. The molecule has 106 valence electrons. The van der Waals surface area contributed by atoms with Crippen molar-refractivity contribution < 1.29 is 25.2 Å². The lowest BCUT2D eigenvalue weighted by Crippen LogP contribution is -2.46. The highest BCUT2D eigenvalue weighted by molar-refractivity contribution is 5.60. The second-order valence-corrected chi connectivity index (χ2v) is 4.59. The van der Waals surface area contributed by atoms with E-state index in [-0.39, 0.29) is 6.61 Å². The van der Waals surface area contributed by atoms with Crippen molar-refractivity contribution in [2.45, 2.75) is 30.8 Å². The maximum atomic E-state index is 9.97. The van der Waals surface area contributed by atoms with E-state index in [4.69, 9.17) is 9.84 Å². The lowest BCUT2D eigenvalue weighted by atomic mass is 10.1. The van der Waals surface area contributed by atoms with E-state index in [2.05, 4.69) is 15.6 Å². The van der Waals surface area contributed by atoms with Crippen LogP contribution in [0.25, 0.3) is 0 Å². The van der Waals surface area contributed by atoms with Crippen molar-refractivity contribution in [3.05, 3.63) is 11.5 Å². The number of hydrogen-bond acceptors (Lipinski definition) is 9. The molecule has 0 radical (unpaired) electrons. The lowest BCUT2D eigenvalue weighted by Gasteiger charge is -2.30. The Kier molecular flexibility index (Phi) is 3.07. The minimum Gasteiger partial charge on any atom is -0.394 e. The number of aliphatic hydroxyl groups is 4. The highest BCUT2D eigenvalue weighted by Gasteiger charge is 2.47. The van der Waals surface area contributed by atoms with Crippen molar-refractivity contribution in [1.82, 2.24) is 15.5 Å². The van der Waals surface area contributed by atoms with Crippen molar-refractivity contribution in [2.75, 3.05) is 13.3 Å². The number of nitrogens with one attached hydrogen (secondary N) is 2. The number of ether oxygens (including phenoxy) is 1. The van der Waals surface area contributed by atoms with Gasteiger partial charge in [-0.15, -0.1) is 0 Å². The summed E-state index contributed by atoms with van der Waals surface area (Å²) in [5.41, 5.74) is 0.486. The zero-order chi connectivity index (χ0) is 13.6. The van der Waals surface area contributed by atoms with Gasteiger partial charge in [0.1, 0.15) is 29.8 Å². The van der Waals surface area contributed by atoms with E-state index in [1.807, 2.05) is 0 Å². The number of aliphatic imine (C=N–C) groups is 1. The second kappa shape index (κ2) is 4.62. The van der Waals surface area contributed by atoms with Crippen LogP contribution in [-0.4, -0.2) is 75.7 Å². The van der Waals surface area contributed by atoms with Gasteiger partial charge in [-0.1, -0.05) is 0 Å². The first-order valence-corrected chi connectivity index (χ1v) is 5.97. The zero-order valence-electron chi connectivity index (χ0n) is 9.97. The molecule has 1 fully saturated rings. The Morgan fingerprint density at radius 1 is 1.37 bits per heavy atom.